The summed E-state index contributed by atoms with van der Waals surface area (Å²) in [6.07, 6.45) is 1.69. The zero-order valence-electron chi connectivity index (χ0n) is 15.4. The number of nitrogens with one attached hydrogen (secondary N) is 2. The number of aryl methyl sites for hydroxylation is 2. The maximum Gasteiger partial charge on any atom is 0.321 e. The van der Waals surface area contributed by atoms with E-state index in [4.69, 9.17) is 0 Å². The van der Waals surface area contributed by atoms with Gasteiger partial charge in [-0.25, -0.2) is 9.97 Å². The van der Waals surface area contributed by atoms with Gasteiger partial charge in [0.15, 0.2) is 0 Å². The van der Waals surface area contributed by atoms with Crippen molar-refractivity contribution in [3.05, 3.63) is 52.3 Å². The zero-order chi connectivity index (χ0) is 20.5. The Morgan fingerprint density at radius 3 is 2.57 bits per heavy atom. The van der Waals surface area contributed by atoms with Crippen molar-refractivity contribution in [2.24, 2.45) is 5.92 Å². The molecule has 28 heavy (non-hydrogen) atoms. The van der Waals surface area contributed by atoms with Crippen LogP contribution < -0.4 is 10.6 Å². The number of nitrogens with zero attached hydrogens (tertiary/aromatic N) is 2. The number of aromatic nitrogens is 2. The molecule has 1 aromatic heterocycles. The van der Waals surface area contributed by atoms with Crippen LogP contribution in [0.3, 0.4) is 0 Å². The van der Waals surface area contributed by atoms with Crippen LogP contribution in [-0.4, -0.2) is 21.8 Å². The van der Waals surface area contributed by atoms with Crippen LogP contribution in [0.2, 0.25) is 0 Å². The number of anilines is 1. The lowest BCUT2D eigenvalue weighted by atomic mass is 10.1. The lowest BCUT2D eigenvalue weighted by molar-refractivity contribution is -0.117. The molecule has 1 aromatic carbocycles. The van der Waals surface area contributed by atoms with E-state index in [0.29, 0.717) is 16.8 Å². The third-order valence-electron chi connectivity index (χ3n) is 4.33. The second-order valence-electron chi connectivity index (χ2n) is 6.81. The smallest absolute Gasteiger partial charge is 0.321 e. The van der Waals surface area contributed by atoms with E-state index >= 15 is 0 Å². The fourth-order valence-electron chi connectivity index (χ4n) is 2.66. The van der Waals surface area contributed by atoms with E-state index in [-0.39, 0.29) is 35.6 Å². The van der Waals surface area contributed by atoms with Crippen molar-refractivity contribution in [1.82, 2.24) is 15.3 Å². The Kier molecular flexibility index (Phi) is 5.92. The lowest BCUT2D eigenvalue weighted by Crippen LogP contribution is -2.25. The van der Waals surface area contributed by atoms with Gasteiger partial charge in [-0.2, -0.15) is 8.78 Å². The molecule has 1 fully saturated rings. The molecule has 1 saturated carbocycles. The molecule has 0 spiro atoms. The van der Waals surface area contributed by atoms with E-state index in [1.54, 1.807) is 26.0 Å². The molecule has 0 bridgehead atoms. The molecule has 1 heterocycles. The standard InChI is InChI=1S/C19H19F2IN4O2/c1-10-3-4-12(8-14(10)19(20,21)22)9-23-17(28)15-7-11(2)24-18(25-15)26-16(27)13-5-6-13/h3-4,7-8,13H,5-6,9H2,1-2H3,(H,23,28)(H,24,25,26,27). The number of alkyl halides is 3. The quantitative estimate of drug-likeness (QED) is 0.467. The molecule has 148 valence electrons. The minimum atomic E-state index is -2.99. The Labute approximate surface area is 174 Å². The van der Waals surface area contributed by atoms with E-state index in [1.165, 1.54) is 12.1 Å². The van der Waals surface area contributed by atoms with Gasteiger partial charge in [0.1, 0.15) is 5.69 Å². The first-order valence-electron chi connectivity index (χ1n) is 8.75. The van der Waals surface area contributed by atoms with Gasteiger partial charge in [-0.1, -0.05) is 12.1 Å². The van der Waals surface area contributed by atoms with Crippen molar-refractivity contribution in [3.63, 3.8) is 0 Å². The summed E-state index contributed by atoms with van der Waals surface area (Å²) in [5, 5.41) is 5.29. The van der Waals surface area contributed by atoms with Gasteiger partial charge in [-0.05, 0) is 49.9 Å². The Morgan fingerprint density at radius 1 is 1.21 bits per heavy atom. The Morgan fingerprint density at radius 2 is 1.93 bits per heavy atom. The third-order valence-corrected chi connectivity index (χ3v) is 4.91. The van der Waals surface area contributed by atoms with Crippen LogP contribution in [0.5, 0.6) is 0 Å². The number of amides is 2. The normalized spacial score (nSPS) is 13.9. The summed E-state index contributed by atoms with van der Waals surface area (Å²) in [6, 6.07) is 6.17. The van der Waals surface area contributed by atoms with Gasteiger partial charge in [-0.15, -0.1) is 0 Å². The number of benzene rings is 1. The largest absolute Gasteiger partial charge is 0.347 e. The fraction of sp³-hybridized carbons (Fsp3) is 0.368. The molecule has 2 aromatic rings. The van der Waals surface area contributed by atoms with Gasteiger partial charge in [0.2, 0.25) is 11.9 Å². The van der Waals surface area contributed by atoms with E-state index < -0.39 is 9.84 Å². The van der Waals surface area contributed by atoms with Crippen molar-refractivity contribution >= 4 is 40.4 Å². The van der Waals surface area contributed by atoms with Crippen LogP contribution >= 0.6 is 22.6 Å². The van der Waals surface area contributed by atoms with Crippen molar-refractivity contribution in [3.8, 4) is 0 Å². The van der Waals surface area contributed by atoms with E-state index in [1.807, 2.05) is 0 Å². The first kappa shape index (κ1) is 20.6. The van der Waals surface area contributed by atoms with Gasteiger partial charge in [0.05, 0.1) is 0 Å². The number of hydrogen-bond donors (Lipinski definition) is 2. The van der Waals surface area contributed by atoms with Gasteiger partial charge >= 0.3 is 3.93 Å². The van der Waals surface area contributed by atoms with Gasteiger partial charge in [0.25, 0.3) is 5.91 Å². The van der Waals surface area contributed by atoms with Crippen LogP contribution in [-0.2, 0) is 15.3 Å². The maximum atomic E-state index is 13.7. The summed E-state index contributed by atoms with van der Waals surface area (Å²) in [4.78, 5) is 32.5. The minimum Gasteiger partial charge on any atom is -0.347 e. The molecule has 1 aliphatic carbocycles. The van der Waals surface area contributed by atoms with E-state index in [9.17, 15) is 18.4 Å². The zero-order valence-corrected chi connectivity index (χ0v) is 17.5. The lowest BCUT2D eigenvalue weighted by Gasteiger charge is -2.14. The number of carbonyl (C=O) groups is 2. The average Bonchev–Trinajstić information content (AvgIpc) is 3.44. The molecule has 1 aliphatic rings. The Hall–Kier alpha value is -2.17. The summed E-state index contributed by atoms with van der Waals surface area (Å²) in [5.74, 6) is -0.544. The third kappa shape index (κ3) is 5.21. The average molecular weight is 500 g/mol. The fourth-order valence-corrected chi connectivity index (χ4v) is 3.24. The van der Waals surface area contributed by atoms with E-state index in [2.05, 4.69) is 20.6 Å². The Balaban J connectivity index is 1.69. The van der Waals surface area contributed by atoms with Gasteiger partial charge in [-0.3, -0.25) is 14.9 Å². The molecule has 2 amide bonds. The molecule has 6 nitrogen and oxygen atoms in total. The van der Waals surface area contributed by atoms with Crippen molar-refractivity contribution in [2.45, 2.75) is 37.2 Å². The van der Waals surface area contributed by atoms with Crippen molar-refractivity contribution < 1.29 is 18.4 Å². The van der Waals surface area contributed by atoms with E-state index in [0.717, 1.165) is 35.4 Å². The molecular formula is C19H19F2IN4O2. The van der Waals surface area contributed by atoms with Crippen LogP contribution in [0.1, 0.15) is 45.7 Å². The molecule has 0 radical (unpaired) electrons. The van der Waals surface area contributed by atoms with Crippen LogP contribution in [0, 0.1) is 19.8 Å². The van der Waals surface area contributed by atoms with Crippen LogP contribution in [0.4, 0.5) is 14.7 Å². The number of carbonyl (C=O) groups excluding carboxylic acids is 2. The second-order valence-corrected chi connectivity index (χ2v) is 8.17. The first-order valence-corrected chi connectivity index (χ1v) is 9.83. The molecule has 0 unspecified atom stereocenters. The number of rotatable bonds is 6. The molecule has 9 heteroatoms. The highest BCUT2D eigenvalue weighted by Gasteiger charge is 2.30. The van der Waals surface area contributed by atoms with Crippen LogP contribution in [0.25, 0.3) is 0 Å². The molecule has 0 aliphatic heterocycles. The predicted octanol–water partition coefficient (Wildman–Crippen LogP) is 3.86. The molecular weight excluding hydrogens is 481 g/mol. The topological polar surface area (TPSA) is 84.0 Å². The summed E-state index contributed by atoms with van der Waals surface area (Å²) >= 11 is 1.09. The molecule has 0 saturated heterocycles. The highest BCUT2D eigenvalue weighted by molar-refractivity contribution is 14.1. The molecule has 0 atom stereocenters. The number of halogens is 3. The number of hydrogen-bond acceptors (Lipinski definition) is 4. The van der Waals surface area contributed by atoms with Crippen LogP contribution in [0.15, 0.2) is 24.3 Å². The molecule has 2 N–H and O–H groups in total. The van der Waals surface area contributed by atoms with Gasteiger partial charge in [0, 0.05) is 46.3 Å². The summed E-state index contributed by atoms with van der Waals surface area (Å²) < 4.78 is 24.3. The second kappa shape index (κ2) is 8.06. The predicted molar refractivity (Wildman–Crippen MR) is 108 cm³/mol. The Bertz CT molecular complexity index is 927. The SMILES string of the molecule is Cc1cc(C(=O)NCc2ccc(C)c(C(F)(F)I)c2)nc(NC(=O)C2CC2)n1. The highest BCUT2D eigenvalue weighted by atomic mass is 127. The first-order chi connectivity index (χ1) is 13.1. The highest BCUT2D eigenvalue weighted by Crippen LogP contribution is 2.37. The summed E-state index contributed by atoms with van der Waals surface area (Å²) in [6.45, 7) is 3.39. The summed E-state index contributed by atoms with van der Waals surface area (Å²) in [5.41, 5.74) is 1.59. The summed E-state index contributed by atoms with van der Waals surface area (Å²) in [7, 11) is 0. The minimum absolute atomic E-state index is 0.00634. The van der Waals surface area contributed by atoms with Gasteiger partial charge < -0.3 is 5.32 Å². The monoisotopic (exact) mass is 500 g/mol. The van der Waals surface area contributed by atoms with Crippen molar-refractivity contribution in [2.75, 3.05) is 5.32 Å². The molecule has 3 rings (SSSR count). The van der Waals surface area contributed by atoms with Crippen molar-refractivity contribution in [1.29, 1.82) is 0 Å². The maximum absolute atomic E-state index is 13.7.